The fourth-order valence-electron chi connectivity index (χ4n) is 3.69. The fourth-order valence-corrected chi connectivity index (χ4v) is 3.69. The number of hydrogen-bond donors (Lipinski definition) is 1. The molecule has 4 nitrogen and oxygen atoms in total. The van der Waals surface area contributed by atoms with Crippen molar-refractivity contribution in [1.29, 1.82) is 0 Å². The summed E-state index contributed by atoms with van der Waals surface area (Å²) in [6.45, 7) is 5.42. The third-order valence-corrected chi connectivity index (χ3v) is 5.50. The molecular formula is C23H28N2O2. The number of carbonyl (C=O) groups is 2. The number of ketones is 1. The van der Waals surface area contributed by atoms with Crippen molar-refractivity contribution in [2.75, 3.05) is 18.4 Å². The van der Waals surface area contributed by atoms with Crippen LogP contribution in [-0.2, 0) is 11.2 Å². The zero-order valence-electron chi connectivity index (χ0n) is 16.2. The van der Waals surface area contributed by atoms with Gasteiger partial charge in [-0.25, -0.2) is 0 Å². The molecule has 1 heterocycles. The summed E-state index contributed by atoms with van der Waals surface area (Å²) in [6, 6.07) is 17.5. The van der Waals surface area contributed by atoms with Gasteiger partial charge in [-0.2, -0.15) is 0 Å². The third kappa shape index (κ3) is 5.27. The predicted octanol–water partition coefficient (Wildman–Crippen LogP) is 4.17. The van der Waals surface area contributed by atoms with Crippen molar-refractivity contribution in [3.8, 4) is 0 Å². The summed E-state index contributed by atoms with van der Waals surface area (Å²) in [4.78, 5) is 26.2. The molecule has 142 valence electrons. The van der Waals surface area contributed by atoms with Gasteiger partial charge in [-0.1, -0.05) is 30.3 Å². The maximum absolute atomic E-state index is 12.6. The maximum Gasteiger partial charge on any atom is 0.241 e. The summed E-state index contributed by atoms with van der Waals surface area (Å²) >= 11 is 0. The maximum atomic E-state index is 12.6. The first-order chi connectivity index (χ1) is 13.0. The monoisotopic (exact) mass is 364 g/mol. The van der Waals surface area contributed by atoms with Gasteiger partial charge in [-0.3, -0.25) is 14.5 Å². The number of piperidine rings is 1. The molecular weight excluding hydrogens is 336 g/mol. The van der Waals surface area contributed by atoms with Crippen LogP contribution in [0.15, 0.2) is 54.6 Å². The molecule has 1 aliphatic rings. The van der Waals surface area contributed by atoms with Gasteiger partial charge in [0.1, 0.15) is 0 Å². The summed E-state index contributed by atoms with van der Waals surface area (Å²) in [5.41, 5.74) is 2.79. The Kier molecular flexibility index (Phi) is 6.40. The molecule has 0 bridgehead atoms. The first-order valence-corrected chi connectivity index (χ1v) is 9.73. The number of hydrogen-bond acceptors (Lipinski definition) is 3. The van der Waals surface area contributed by atoms with Crippen LogP contribution in [0.3, 0.4) is 0 Å². The minimum Gasteiger partial charge on any atom is -0.325 e. The number of benzene rings is 2. The molecule has 0 aliphatic carbocycles. The van der Waals surface area contributed by atoms with Crippen LogP contribution in [0.4, 0.5) is 5.69 Å². The largest absolute Gasteiger partial charge is 0.325 e. The van der Waals surface area contributed by atoms with E-state index in [9.17, 15) is 9.59 Å². The normalized spacial score (nSPS) is 16.7. The second kappa shape index (κ2) is 8.96. The molecule has 0 saturated carbocycles. The number of rotatable bonds is 6. The van der Waals surface area contributed by atoms with E-state index in [1.807, 2.05) is 6.92 Å². The van der Waals surface area contributed by atoms with Gasteiger partial charge >= 0.3 is 0 Å². The summed E-state index contributed by atoms with van der Waals surface area (Å²) in [6.07, 6.45) is 3.37. The molecule has 1 amide bonds. The highest BCUT2D eigenvalue weighted by molar-refractivity contribution is 5.96. The second-order valence-corrected chi connectivity index (χ2v) is 7.47. The number of amides is 1. The SMILES string of the molecule is CC(=O)c1ccc(NC(=O)[C@H](C)N2CCC(Cc3ccccc3)CC2)cc1. The van der Waals surface area contributed by atoms with Crippen molar-refractivity contribution in [3.63, 3.8) is 0 Å². The average Bonchev–Trinajstić information content (AvgIpc) is 2.69. The van der Waals surface area contributed by atoms with Crippen molar-refractivity contribution < 1.29 is 9.59 Å². The van der Waals surface area contributed by atoms with Gasteiger partial charge in [0.2, 0.25) is 5.91 Å². The number of Topliss-reactive ketones (excluding diaryl/α,β-unsaturated/α-hetero) is 1. The van der Waals surface area contributed by atoms with E-state index in [1.165, 1.54) is 12.5 Å². The van der Waals surface area contributed by atoms with Gasteiger partial charge < -0.3 is 5.32 Å². The zero-order chi connectivity index (χ0) is 19.2. The molecule has 2 aromatic carbocycles. The molecule has 0 spiro atoms. The Hall–Kier alpha value is -2.46. The summed E-state index contributed by atoms with van der Waals surface area (Å²) in [5.74, 6) is 0.727. The van der Waals surface area contributed by atoms with Crippen LogP contribution in [0.1, 0.15) is 42.6 Å². The lowest BCUT2D eigenvalue weighted by Gasteiger charge is -2.35. The highest BCUT2D eigenvalue weighted by atomic mass is 16.2. The Bertz CT molecular complexity index is 763. The number of carbonyl (C=O) groups excluding carboxylic acids is 2. The van der Waals surface area contributed by atoms with Gasteiger partial charge in [-0.15, -0.1) is 0 Å². The van der Waals surface area contributed by atoms with E-state index >= 15 is 0 Å². The van der Waals surface area contributed by atoms with Crippen molar-refractivity contribution >= 4 is 17.4 Å². The van der Waals surface area contributed by atoms with Gasteiger partial charge in [0.15, 0.2) is 5.78 Å². The molecule has 0 unspecified atom stereocenters. The van der Waals surface area contributed by atoms with Crippen molar-refractivity contribution in [1.82, 2.24) is 4.90 Å². The van der Waals surface area contributed by atoms with Crippen LogP contribution < -0.4 is 5.32 Å². The van der Waals surface area contributed by atoms with Gasteiger partial charge in [0.05, 0.1) is 6.04 Å². The van der Waals surface area contributed by atoms with E-state index in [0.29, 0.717) is 11.5 Å². The number of anilines is 1. The molecule has 0 radical (unpaired) electrons. The van der Waals surface area contributed by atoms with Gasteiger partial charge in [-0.05, 0) is 81.9 Å². The van der Waals surface area contributed by atoms with Crippen molar-refractivity contribution in [3.05, 3.63) is 65.7 Å². The lowest BCUT2D eigenvalue weighted by molar-refractivity contribution is -0.121. The predicted molar refractivity (Wildman–Crippen MR) is 109 cm³/mol. The van der Waals surface area contributed by atoms with Crippen LogP contribution in [0.2, 0.25) is 0 Å². The van der Waals surface area contributed by atoms with E-state index in [2.05, 4.69) is 40.5 Å². The van der Waals surface area contributed by atoms with E-state index in [0.717, 1.165) is 38.0 Å². The van der Waals surface area contributed by atoms with Crippen molar-refractivity contribution in [2.45, 2.75) is 39.2 Å². The standard InChI is InChI=1S/C23H28N2O2/c1-17(23(27)24-22-10-8-21(9-11-22)18(2)26)25-14-12-20(13-15-25)16-19-6-4-3-5-7-19/h3-11,17,20H,12-16H2,1-2H3,(H,24,27)/t17-/m0/s1. The second-order valence-electron chi connectivity index (χ2n) is 7.47. The van der Waals surface area contributed by atoms with E-state index in [4.69, 9.17) is 0 Å². The topological polar surface area (TPSA) is 49.4 Å². The molecule has 4 heteroatoms. The fraction of sp³-hybridized carbons (Fsp3) is 0.391. The molecule has 1 aliphatic heterocycles. The quantitative estimate of drug-likeness (QED) is 0.783. The highest BCUT2D eigenvalue weighted by Gasteiger charge is 2.26. The van der Waals surface area contributed by atoms with Crippen LogP contribution in [0.5, 0.6) is 0 Å². The molecule has 1 atom stereocenters. The Balaban J connectivity index is 1.48. The first-order valence-electron chi connectivity index (χ1n) is 9.73. The molecule has 1 N–H and O–H groups in total. The minimum absolute atomic E-state index is 0.00656. The number of nitrogens with zero attached hydrogens (tertiary/aromatic N) is 1. The Morgan fingerprint density at radius 3 is 2.26 bits per heavy atom. The van der Waals surface area contributed by atoms with Crippen LogP contribution in [-0.4, -0.2) is 35.7 Å². The van der Waals surface area contributed by atoms with Gasteiger partial charge in [0.25, 0.3) is 0 Å². The lowest BCUT2D eigenvalue weighted by Crippen LogP contribution is -2.46. The molecule has 1 saturated heterocycles. The highest BCUT2D eigenvalue weighted by Crippen LogP contribution is 2.23. The van der Waals surface area contributed by atoms with Crippen LogP contribution in [0, 0.1) is 5.92 Å². The zero-order valence-corrected chi connectivity index (χ0v) is 16.2. The minimum atomic E-state index is -0.157. The molecule has 0 aromatic heterocycles. The van der Waals surface area contributed by atoms with Crippen molar-refractivity contribution in [2.24, 2.45) is 5.92 Å². The Morgan fingerprint density at radius 1 is 1.04 bits per heavy atom. The lowest BCUT2D eigenvalue weighted by atomic mass is 9.89. The summed E-state index contributed by atoms with van der Waals surface area (Å²) in [5, 5.41) is 2.96. The molecule has 2 aromatic rings. The average molecular weight is 364 g/mol. The Morgan fingerprint density at radius 2 is 1.67 bits per heavy atom. The smallest absolute Gasteiger partial charge is 0.241 e. The summed E-state index contributed by atoms with van der Waals surface area (Å²) in [7, 11) is 0. The van der Waals surface area contributed by atoms with Crippen LogP contribution >= 0.6 is 0 Å². The third-order valence-electron chi connectivity index (χ3n) is 5.50. The van der Waals surface area contributed by atoms with E-state index < -0.39 is 0 Å². The summed E-state index contributed by atoms with van der Waals surface area (Å²) < 4.78 is 0. The van der Waals surface area contributed by atoms with Gasteiger partial charge in [0, 0.05) is 11.3 Å². The van der Waals surface area contributed by atoms with E-state index in [1.54, 1.807) is 24.3 Å². The van der Waals surface area contributed by atoms with E-state index in [-0.39, 0.29) is 17.7 Å². The van der Waals surface area contributed by atoms with Crippen LogP contribution in [0.25, 0.3) is 0 Å². The number of likely N-dealkylation sites (tertiary alicyclic amines) is 1. The molecule has 27 heavy (non-hydrogen) atoms. The first kappa shape index (κ1) is 19.3. The number of nitrogens with one attached hydrogen (secondary N) is 1. The molecule has 3 rings (SSSR count). The Labute approximate surface area is 161 Å². The molecule has 1 fully saturated rings.